The molecule has 96 valence electrons. The summed E-state index contributed by atoms with van der Waals surface area (Å²) in [7, 11) is 0. The van der Waals surface area contributed by atoms with E-state index in [1.165, 1.54) is 0 Å². The molecule has 0 bridgehead atoms. The number of rotatable bonds is 5. The van der Waals surface area contributed by atoms with Gasteiger partial charge in [0.05, 0.1) is 24.4 Å². The lowest BCUT2D eigenvalue weighted by Crippen LogP contribution is -2.09. The maximum Gasteiger partial charge on any atom is 0.138 e. The smallest absolute Gasteiger partial charge is 0.138 e. The SMILES string of the molecule is CCOc1cc(-c2cnn(CCN)c2)ccc1Cl. The van der Waals surface area contributed by atoms with E-state index in [0.717, 1.165) is 11.1 Å². The van der Waals surface area contributed by atoms with Crippen LogP contribution in [0.4, 0.5) is 0 Å². The molecule has 2 N–H and O–H groups in total. The topological polar surface area (TPSA) is 53.1 Å². The Bertz CT molecular complexity index is 525. The first-order chi connectivity index (χ1) is 8.74. The van der Waals surface area contributed by atoms with Crippen LogP contribution >= 0.6 is 11.6 Å². The van der Waals surface area contributed by atoms with Crippen molar-refractivity contribution in [3.05, 3.63) is 35.6 Å². The van der Waals surface area contributed by atoms with Crippen molar-refractivity contribution in [3.63, 3.8) is 0 Å². The van der Waals surface area contributed by atoms with Gasteiger partial charge in [-0.05, 0) is 24.6 Å². The number of nitrogens with two attached hydrogens (primary N) is 1. The third-order valence-electron chi connectivity index (χ3n) is 2.56. The molecule has 0 amide bonds. The average Bonchev–Trinajstić information content (AvgIpc) is 2.81. The van der Waals surface area contributed by atoms with E-state index in [-0.39, 0.29) is 0 Å². The minimum absolute atomic E-state index is 0.575. The summed E-state index contributed by atoms with van der Waals surface area (Å²) in [5.74, 6) is 0.697. The molecule has 0 saturated carbocycles. The molecule has 0 fully saturated rings. The molecule has 2 rings (SSSR count). The zero-order valence-corrected chi connectivity index (χ0v) is 11.0. The molecular formula is C13H16ClN3O. The summed E-state index contributed by atoms with van der Waals surface area (Å²) >= 11 is 6.06. The molecule has 1 aromatic carbocycles. The van der Waals surface area contributed by atoms with Gasteiger partial charge in [-0.25, -0.2) is 0 Å². The van der Waals surface area contributed by atoms with Gasteiger partial charge < -0.3 is 10.5 Å². The van der Waals surface area contributed by atoms with Crippen LogP contribution in [-0.4, -0.2) is 22.9 Å². The van der Waals surface area contributed by atoms with E-state index in [0.29, 0.717) is 30.5 Å². The van der Waals surface area contributed by atoms with E-state index in [2.05, 4.69) is 5.10 Å². The number of aromatic nitrogens is 2. The van der Waals surface area contributed by atoms with Crippen LogP contribution in [-0.2, 0) is 6.54 Å². The van der Waals surface area contributed by atoms with Crippen molar-refractivity contribution >= 4 is 11.6 Å². The van der Waals surface area contributed by atoms with Gasteiger partial charge in [0.15, 0.2) is 0 Å². The van der Waals surface area contributed by atoms with Crippen LogP contribution in [0.5, 0.6) is 5.75 Å². The van der Waals surface area contributed by atoms with Crippen LogP contribution in [0.2, 0.25) is 5.02 Å². The Labute approximate surface area is 111 Å². The number of halogens is 1. The van der Waals surface area contributed by atoms with Crippen LogP contribution in [0.3, 0.4) is 0 Å². The minimum atomic E-state index is 0.575. The third kappa shape index (κ3) is 2.83. The first kappa shape index (κ1) is 12.9. The maximum atomic E-state index is 6.06. The van der Waals surface area contributed by atoms with Crippen LogP contribution in [0.15, 0.2) is 30.6 Å². The molecule has 2 aromatic rings. The Morgan fingerprint density at radius 2 is 2.22 bits per heavy atom. The zero-order chi connectivity index (χ0) is 13.0. The van der Waals surface area contributed by atoms with E-state index >= 15 is 0 Å². The van der Waals surface area contributed by atoms with Crippen molar-refractivity contribution in [2.24, 2.45) is 5.73 Å². The van der Waals surface area contributed by atoms with Crippen molar-refractivity contribution in [1.82, 2.24) is 9.78 Å². The van der Waals surface area contributed by atoms with Crippen molar-refractivity contribution in [2.75, 3.05) is 13.2 Å². The van der Waals surface area contributed by atoms with E-state index < -0.39 is 0 Å². The Morgan fingerprint density at radius 3 is 2.94 bits per heavy atom. The third-order valence-corrected chi connectivity index (χ3v) is 2.87. The normalized spacial score (nSPS) is 10.6. The maximum absolute atomic E-state index is 6.06. The summed E-state index contributed by atoms with van der Waals surface area (Å²) in [6.45, 7) is 3.82. The Balaban J connectivity index is 2.28. The number of hydrogen-bond donors (Lipinski definition) is 1. The van der Waals surface area contributed by atoms with Crippen molar-refractivity contribution in [3.8, 4) is 16.9 Å². The molecule has 18 heavy (non-hydrogen) atoms. The van der Waals surface area contributed by atoms with Crippen molar-refractivity contribution in [1.29, 1.82) is 0 Å². The second kappa shape index (κ2) is 5.89. The lowest BCUT2D eigenvalue weighted by Gasteiger charge is -2.07. The van der Waals surface area contributed by atoms with Crippen LogP contribution in [0.25, 0.3) is 11.1 Å². The molecule has 0 aliphatic carbocycles. The molecule has 1 heterocycles. The van der Waals surface area contributed by atoms with Crippen LogP contribution < -0.4 is 10.5 Å². The van der Waals surface area contributed by atoms with Crippen molar-refractivity contribution in [2.45, 2.75) is 13.5 Å². The predicted octanol–water partition coefficient (Wildman–Crippen LogP) is 2.56. The molecule has 0 aliphatic heterocycles. The summed E-state index contributed by atoms with van der Waals surface area (Å²) in [5, 5.41) is 4.86. The highest BCUT2D eigenvalue weighted by molar-refractivity contribution is 6.32. The van der Waals surface area contributed by atoms with E-state index in [4.69, 9.17) is 22.1 Å². The van der Waals surface area contributed by atoms with E-state index in [1.807, 2.05) is 42.2 Å². The molecule has 0 radical (unpaired) electrons. The second-order valence-corrected chi connectivity index (χ2v) is 4.27. The molecule has 0 unspecified atom stereocenters. The Hall–Kier alpha value is -1.52. The number of ether oxygens (including phenoxy) is 1. The summed E-state index contributed by atoms with van der Waals surface area (Å²) in [5.41, 5.74) is 7.56. The monoisotopic (exact) mass is 265 g/mol. The predicted molar refractivity (Wildman–Crippen MR) is 72.9 cm³/mol. The average molecular weight is 266 g/mol. The van der Waals surface area contributed by atoms with Gasteiger partial charge in [-0.2, -0.15) is 5.10 Å². The van der Waals surface area contributed by atoms with Gasteiger partial charge in [-0.3, -0.25) is 4.68 Å². The fourth-order valence-electron chi connectivity index (χ4n) is 1.72. The molecule has 0 saturated heterocycles. The van der Waals surface area contributed by atoms with E-state index in [9.17, 15) is 0 Å². The fourth-order valence-corrected chi connectivity index (χ4v) is 1.89. The van der Waals surface area contributed by atoms with Crippen molar-refractivity contribution < 1.29 is 4.74 Å². The lowest BCUT2D eigenvalue weighted by molar-refractivity contribution is 0.340. The quantitative estimate of drug-likeness (QED) is 0.904. The number of nitrogens with zero attached hydrogens (tertiary/aromatic N) is 2. The summed E-state index contributed by atoms with van der Waals surface area (Å²) in [6.07, 6.45) is 3.78. The van der Waals surface area contributed by atoms with Gasteiger partial charge in [0.1, 0.15) is 5.75 Å². The molecule has 0 atom stereocenters. The standard InChI is InChI=1S/C13H16ClN3O/c1-2-18-13-7-10(3-4-12(13)14)11-8-16-17(9-11)6-5-15/h3-4,7-9H,2,5-6,15H2,1H3. The summed E-state index contributed by atoms with van der Waals surface area (Å²) < 4.78 is 7.30. The highest BCUT2D eigenvalue weighted by Gasteiger charge is 2.06. The highest BCUT2D eigenvalue weighted by Crippen LogP contribution is 2.30. The second-order valence-electron chi connectivity index (χ2n) is 3.86. The molecule has 4 nitrogen and oxygen atoms in total. The van der Waals surface area contributed by atoms with E-state index in [1.54, 1.807) is 0 Å². The molecule has 0 spiro atoms. The van der Waals surface area contributed by atoms with Gasteiger partial charge in [0.25, 0.3) is 0 Å². The number of benzene rings is 1. The first-order valence-electron chi connectivity index (χ1n) is 5.90. The zero-order valence-electron chi connectivity index (χ0n) is 10.3. The van der Waals surface area contributed by atoms with Crippen LogP contribution in [0, 0.1) is 0 Å². The largest absolute Gasteiger partial charge is 0.492 e. The minimum Gasteiger partial charge on any atom is -0.492 e. The first-order valence-corrected chi connectivity index (χ1v) is 6.27. The molecule has 5 heteroatoms. The molecule has 1 aromatic heterocycles. The van der Waals surface area contributed by atoms with Crippen LogP contribution in [0.1, 0.15) is 6.92 Å². The number of hydrogen-bond acceptors (Lipinski definition) is 3. The Kier molecular flexibility index (Phi) is 4.23. The van der Waals surface area contributed by atoms with Gasteiger partial charge in [-0.1, -0.05) is 17.7 Å². The van der Waals surface area contributed by atoms with Gasteiger partial charge in [-0.15, -0.1) is 0 Å². The van der Waals surface area contributed by atoms with Gasteiger partial charge in [0.2, 0.25) is 0 Å². The summed E-state index contributed by atoms with van der Waals surface area (Å²) in [6, 6.07) is 5.71. The fraction of sp³-hybridized carbons (Fsp3) is 0.308. The molecular weight excluding hydrogens is 250 g/mol. The van der Waals surface area contributed by atoms with Gasteiger partial charge >= 0.3 is 0 Å². The van der Waals surface area contributed by atoms with Gasteiger partial charge in [0, 0.05) is 18.3 Å². The molecule has 0 aliphatic rings. The lowest BCUT2D eigenvalue weighted by atomic mass is 10.1. The highest BCUT2D eigenvalue weighted by atomic mass is 35.5. The Morgan fingerprint density at radius 1 is 1.39 bits per heavy atom. The summed E-state index contributed by atoms with van der Waals surface area (Å²) in [4.78, 5) is 0.